The molecule has 3 rings (SSSR count). The Morgan fingerprint density at radius 2 is 1.77 bits per heavy atom. The fourth-order valence-electron chi connectivity index (χ4n) is 2.21. The van der Waals surface area contributed by atoms with Crippen LogP contribution < -0.4 is 9.47 Å². The number of hydrogen-bond acceptors (Lipinski definition) is 7. The van der Waals surface area contributed by atoms with Gasteiger partial charge in [0.1, 0.15) is 11.5 Å². The van der Waals surface area contributed by atoms with Crippen LogP contribution >= 0.6 is 0 Å². The molecule has 0 unspecified atom stereocenters. The Labute approximate surface area is 150 Å². The van der Waals surface area contributed by atoms with Crippen molar-refractivity contribution in [3.8, 4) is 17.2 Å². The molecule has 1 aromatic heterocycles. The summed E-state index contributed by atoms with van der Waals surface area (Å²) in [6, 6.07) is 16.5. The Balaban J connectivity index is 1.45. The number of para-hydroxylation sites is 1. The largest absolute Gasteiger partial charge is 0.497 e. The lowest BCUT2D eigenvalue weighted by molar-refractivity contribution is -0.145. The van der Waals surface area contributed by atoms with E-state index in [4.69, 9.17) is 14.2 Å². The van der Waals surface area contributed by atoms with Crippen molar-refractivity contribution < 1.29 is 19.0 Å². The van der Waals surface area contributed by atoms with Crippen molar-refractivity contribution in [2.24, 2.45) is 0 Å². The van der Waals surface area contributed by atoms with Gasteiger partial charge < -0.3 is 14.2 Å². The van der Waals surface area contributed by atoms with E-state index in [2.05, 4.69) is 15.5 Å². The molecule has 2 aromatic carbocycles. The minimum Gasteiger partial charge on any atom is -0.497 e. The fraction of sp³-hybridized carbons (Fsp3) is 0.222. The number of nitrogens with zero attached hydrogens (tertiary/aromatic N) is 4. The molecular formula is C18H18N4O4. The van der Waals surface area contributed by atoms with Gasteiger partial charge in [0.2, 0.25) is 0 Å². The molecule has 0 aliphatic carbocycles. The van der Waals surface area contributed by atoms with Crippen LogP contribution in [0.2, 0.25) is 0 Å². The first-order valence-electron chi connectivity index (χ1n) is 8.01. The van der Waals surface area contributed by atoms with Crippen LogP contribution in [0.25, 0.3) is 5.69 Å². The molecule has 134 valence electrons. The third-order valence-electron chi connectivity index (χ3n) is 3.53. The molecule has 0 saturated carbocycles. The molecule has 0 fully saturated rings. The minimum absolute atomic E-state index is 0.0107. The second-order valence-corrected chi connectivity index (χ2v) is 5.28. The van der Waals surface area contributed by atoms with Gasteiger partial charge in [0.15, 0.2) is 12.4 Å². The molecule has 26 heavy (non-hydrogen) atoms. The van der Waals surface area contributed by atoms with Crippen LogP contribution in [0.1, 0.15) is 12.2 Å². The molecule has 0 bridgehead atoms. The number of rotatable bonds is 8. The summed E-state index contributed by atoms with van der Waals surface area (Å²) in [4.78, 5) is 11.9. The zero-order valence-corrected chi connectivity index (χ0v) is 14.2. The molecule has 8 heteroatoms. The number of aromatic nitrogens is 4. The zero-order valence-electron chi connectivity index (χ0n) is 14.2. The summed E-state index contributed by atoms with van der Waals surface area (Å²) in [5, 5.41) is 11.4. The summed E-state index contributed by atoms with van der Waals surface area (Å²) in [6.07, 6.45) is 0.124. The quantitative estimate of drug-likeness (QED) is 0.573. The van der Waals surface area contributed by atoms with E-state index in [-0.39, 0.29) is 25.6 Å². The van der Waals surface area contributed by atoms with Gasteiger partial charge in [-0.3, -0.25) is 4.79 Å². The van der Waals surface area contributed by atoms with Crippen LogP contribution in [0.4, 0.5) is 0 Å². The topological polar surface area (TPSA) is 88.4 Å². The first-order chi connectivity index (χ1) is 12.8. The molecule has 0 atom stereocenters. The van der Waals surface area contributed by atoms with Crippen LogP contribution in [0.5, 0.6) is 11.5 Å². The number of methoxy groups -OCH3 is 1. The normalized spacial score (nSPS) is 10.3. The van der Waals surface area contributed by atoms with Crippen LogP contribution in [-0.2, 0) is 16.1 Å². The van der Waals surface area contributed by atoms with E-state index in [1.54, 1.807) is 31.4 Å². The van der Waals surface area contributed by atoms with E-state index in [9.17, 15) is 4.79 Å². The molecule has 0 aliphatic rings. The number of hydrogen-bond donors (Lipinski definition) is 0. The van der Waals surface area contributed by atoms with Gasteiger partial charge >= 0.3 is 5.97 Å². The summed E-state index contributed by atoms with van der Waals surface area (Å²) in [7, 11) is 1.60. The van der Waals surface area contributed by atoms with Crippen LogP contribution in [0.3, 0.4) is 0 Å². The van der Waals surface area contributed by atoms with Gasteiger partial charge in [-0.2, -0.15) is 4.68 Å². The molecular weight excluding hydrogens is 336 g/mol. The SMILES string of the molecule is COc1ccc(OCCC(=O)OCc2nnnn2-c2ccccc2)cc1. The lowest BCUT2D eigenvalue weighted by Gasteiger charge is -2.08. The number of esters is 1. The Morgan fingerprint density at radius 1 is 1.04 bits per heavy atom. The number of carbonyl (C=O) groups is 1. The van der Waals surface area contributed by atoms with E-state index in [1.807, 2.05) is 30.3 Å². The number of ether oxygens (including phenoxy) is 3. The maximum atomic E-state index is 11.9. The highest BCUT2D eigenvalue weighted by Crippen LogP contribution is 2.17. The van der Waals surface area contributed by atoms with Gasteiger partial charge in [0.05, 0.1) is 25.8 Å². The third kappa shape index (κ3) is 4.56. The van der Waals surface area contributed by atoms with Crippen LogP contribution in [-0.4, -0.2) is 39.9 Å². The maximum Gasteiger partial charge on any atom is 0.309 e. The lowest BCUT2D eigenvalue weighted by Crippen LogP contribution is -2.12. The highest BCUT2D eigenvalue weighted by atomic mass is 16.5. The summed E-state index contributed by atoms with van der Waals surface area (Å²) in [6.45, 7) is 0.206. The van der Waals surface area contributed by atoms with Crippen LogP contribution in [0, 0.1) is 0 Å². The lowest BCUT2D eigenvalue weighted by atomic mass is 10.3. The van der Waals surface area contributed by atoms with Gasteiger partial charge in [-0.1, -0.05) is 18.2 Å². The van der Waals surface area contributed by atoms with Gasteiger partial charge in [-0.25, -0.2) is 0 Å². The third-order valence-corrected chi connectivity index (χ3v) is 3.53. The van der Waals surface area contributed by atoms with Crippen LogP contribution in [0.15, 0.2) is 54.6 Å². The second-order valence-electron chi connectivity index (χ2n) is 5.28. The second kappa shape index (κ2) is 8.61. The Kier molecular flexibility index (Phi) is 5.76. The number of carbonyl (C=O) groups excluding carboxylic acids is 1. The Hall–Kier alpha value is -3.42. The summed E-state index contributed by atoms with van der Waals surface area (Å²) in [5.74, 6) is 1.46. The molecule has 1 heterocycles. The van der Waals surface area contributed by atoms with Crippen molar-refractivity contribution in [2.45, 2.75) is 13.0 Å². The number of benzene rings is 2. The van der Waals surface area contributed by atoms with E-state index in [1.165, 1.54) is 4.68 Å². The summed E-state index contributed by atoms with van der Waals surface area (Å²) in [5.41, 5.74) is 0.798. The van der Waals surface area contributed by atoms with Crippen molar-refractivity contribution in [3.05, 3.63) is 60.4 Å². The molecule has 0 N–H and O–H groups in total. The molecule has 0 radical (unpaired) electrons. The van der Waals surface area contributed by atoms with Crippen molar-refractivity contribution in [1.29, 1.82) is 0 Å². The van der Waals surface area contributed by atoms with Crippen molar-refractivity contribution in [2.75, 3.05) is 13.7 Å². The Morgan fingerprint density at radius 3 is 2.50 bits per heavy atom. The minimum atomic E-state index is -0.388. The predicted molar refractivity (Wildman–Crippen MR) is 92.1 cm³/mol. The van der Waals surface area contributed by atoms with Gasteiger partial charge in [-0.05, 0) is 46.8 Å². The molecule has 0 amide bonds. The fourth-order valence-corrected chi connectivity index (χ4v) is 2.21. The molecule has 0 saturated heterocycles. The van der Waals surface area contributed by atoms with Gasteiger partial charge in [0, 0.05) is 0 Å². The van der Waals surface area contributed by atoms with E-state index < -0.39 is 0 Å². The first-order valence-corrected chi connectivity index (χ1v) is 8.01. The summed E-state index contributed by atoms with van der Waals surface area (Å²) < 4.78 is 17.3. The average molecular weight is 354 g/mol. The summed E-state index contributed by atoms with van der Waals surface area (Å²) >= 11 is 0. The molecule has 0 spiro atoms. The van der Waals surface area contributed by atoms with E-state index >= 15 is 0 Å². The highest BCUT2D eigenvalue weighted by molar-refractivity contribution is 5.69. The van der Waals surface area contributed by atoms with Crippen molar-refractivity contribution in [1.82, 2.24) is 20.2 Å². The van der Waals surface area contributed by atoms with Crippen molar-refractivity contribution >= 4 is 5.97 Å². The monoisotopic (exact) mass is 354 g/mol. The smallest absolute Gasteiger partial charge is 0.309 e. The number of tetrazole rings is 1. The first kappa shape index (κ1) is 17.4. The highest BCUT2D eigenvalue weighted by Gasteiger charge is 2.11. The predicted octanol–water partition coefficient (Wildman–Crippen LogP) is 2.18. The maximum absolute atomic E-state index is 11.9. The molecule has 8 nitrogen and oxygen atoms in total. The Bertz CT molecular complexity index is 834. The van der Waals surface area contributed by atoms with Gasteiger partial charge in [-0.15, -0.1) is 5.10 Å². The molecule has 3 aromatic rings. The van der Waals surface area contributed by atoms with Crippen molar-refractivity contribution in [3.63, 3.8) is 0 Å². The average Bonchev–Trinajstić information content (AvgIpc) is 3.16. The van der Waals surface area contributed by atoms with Gasteiger partial charge in [0.25, 0.3) is 0 Å². The standard InChI is InChI=1S/C18H18N4O4/c1-24-15-7-9-16(10-8-15)25-12-11-18(23)26-13-17-19-20-21-22(17)14-5-3-2-4-6-14/h2-10H,11-13H2,1H3. The molecule has 0 aliphatic heterocycles. The van der Waals surface area contributed by atoms with E-state index in [0.717, 1.165) is 11.4 Å². The van der Waals surface area contributed by atoms with E-state index in [0.29, 0.717) is 11.6 Å². The zero-order chi connectivity index (χ0) is 18.2.